The Hall–Kier alpha value is -5.52. The molecule has 12 heteroatoms. The molecule has 3 aromatic carbocycles. The molecule has 2 bridgehead atoms. The van der Waals surface area contributed by atoms with Gasteiger partial charge in [-0.05, 0) is 99.0 Å². The van der Waals surface area contributed by atoms with Gasteiger partial charge in [0.15, 0.2) is 17.2 Å². The minimum atomic E-state index is -0.815. The van der Waals surface area contributed by atoms with E-state index in [1.165, 1.54) is 59.9 Å². The summed E-state index contributed by atoms with van der Waals surface area (Å²) >= 11 is 0. The first-order valence-electron chi connectivity index (χ1n) is 17.6. The number of anilines is 1. The van der Waals surface area contributed by atoms with Crippen molar-refractivity contribution in [2.75, 3.05) is 5.73 Å². The highest BCUT2D eigenvalue weighted by Gasteiger charge is 2.61. The molecular formula is C41H40F3N5O4. The molecule has 2 aliphatic carbocycles. The van der Waals surface area contributed by atoms with Crippen molar-refractivity contribution in [1.29, 1.82) is 0 Å². The first kappa shape index (κ1) is 35.9. The molecule has 2 aliphatic rings. The second-order valence-electron chi connectivity index (χ2n) is 15.0. The number of halogens is 3. The van der Waals surface area contributed by atoms with Gasteiger partial charge in [-0.2, -0.15) is 5.10 Å². The Morgan fingerprint density at radius 1 is 0.943 bits per heavy atom. The van der Waals surface area contributed by atoms with Crippen molar-refractivity contribution in [3.63, 3.8) is 0 Å². The summed E-state index contributed by atoms with van der Waals surface area (Å²) in [4.78, 5) is 33.8. The normalized spacial score (nSPS) is 19.5. The maximum Gasteiger partial charge on any atom is 0.200 e. The molecule has 3 atom stereocenters. The number of hydrogen-bond donors (Lipinski definition) is 1. The first-order chi connectivity index (χ1) is 25.1. The zero-order valence-corrected chi connectivity index (χ0v) is 30.3. The number of benzene rings is 3. The fourth-order valence-electron chi connectivity index (χ4n) is 7.87. The lowest BCUT2D eigenvalue weighted by atomic mass is 9.70. The quantitative estimate of drug-likeness (QED) is 0.180. The van der Waals surface area contributed by atoms with Crippen molar-refractivity contribution in [3.05, 3.63) is 100 Å². The van der Waals surface area contributed by atoms with Crippen LogP contribution in [0.2, 0.25) is 0 Å². The molecule has 2 saturated carbocycles. The summed E-state index contributed by atoms with van der Waals surface area (Å²) in [6.45, 7) is 12.0. The largest absolute Gasteiger partial charge is 0.488 e. The SMILES string of the molecule is CC(C)Oc1ccc(-c2nn([C@@H](C)c3oc4ccc(F)cc4c(=O)c3-c3cccc(F)c3)c3ncnc(N)c23)cc1F.CC12CCC(CC1=O)C2(C)C. The van der Waals surface area contributed by atoms with Crippen LogP contribution in [0.5, 0.6) is 5.75 Å². The van der Waals surface area contributed by atoms with Gasteiger partial charge in [-0.15, -0.1) is 0 Å². The molecule has 9 nitrogen and oxygen atoms in total. The molecule has 274 valence electrons. The van der Waals surface area contributed by atoms with Gasteiger partial charge in [-0.3, -0.25) is 9.59 Å². The van der Waals surface area contributed by atoms with Crippen LogP contribution in [0.3, 0.4) is 0 Å². The molecule has 53 heavy (non-hydrogen) atoms. The predicted octanol–water partition coefficient (Wildman–Crippen LogP) is 9.06. The van der Waals surface area contributed by atoms with Gasteiger partial charge in [-0.1, -0.05) is 32.9 Å². The Labute approximate surface area is 304 Å². The average molecular weight is 724 g/mol. The van der Waals surface area contributed by atoms with E-state index >= 15 is 0 Å². The number of ether oxygens (including phenoxy) is 1. The van der Waals surface area contributed by atoms with E-state index in [4.69, 9.17) is 20.0 Å². The van der Waals surface area contributed by atoms with Crippen LogP contribution in [0.4, 0.5) is 19.0 Å². The number of Topliss-reactive ketones (excluding diaryl/α,β-unsaturated/α-hetero) is 1. The average Bonchev–Trinajstić information content (AvgIpc) is 3.66. The lowest BCUT2D eigenvalue weighted by Crippen LogP contribution is -2.32. The van der Waals surface area contributed by atoms with E-state index in [2.05, 4.69) is 30.7 Å². The Kier molecular flexibility index (Phi) is 8.90. The van der Waals surface area contributed by atoms with Crippen LogP contribution in [0.15, 0.2) is 76.2 Å². The molecule has 0 amide bonds. The fraction of sp³-hybridized carbons (Fsp3) is 0.341. The van der Waals surface area contributed by atoms with Crippen molar-refractivity contribution in [3.8, 4) is 28.1 Å². The molecular weight excluding hydrogens is 683 g/mol. The minimum Gasteiger partial charge on any atom is -0.488 e. The number of hydrogen-bond acceptors (Lipinski definition) is 8. The number of carbonyl (C=O) groups excluding carboxylic acids is 1. The van der Waals surface area contributed by atoms with E-state index in [0.717, 1.165) is 18.9 Å². The molecule has 0 spiro atoms. The van der Waals surface area contributed by atoms with Gasteiger partial charge in [0.25, 0.3) is 0 Å². The molecule has 3 heterocycles. The molecule has 2 unspecified atom stereocenters. The van der Waals surface area contributed by atoms with E-state index in [0.29, 0.717) is 34.0 Å². The first-order valence-corrected chi connectivity index (χ1v) is 17.6. The van der Waals surface area contributed by atoms with Crippen LogP contribution in [0.25, 0.3) is 44.4 Å². The number of nitrogens with zero attached hydrogens (tertiary/aromatic N) is 4. The summed E-state index contributed by atoms with van der Waals surface area (Å²) in [6.07, 6.45) is 4.29. The lowest BCUT2D eigenvalue weighted by Gasteiger charge is -2.32. The second kappa shape index (κ2) is 13.2. The van der Waals surface area contributed by atoms with Gasteiger partial charge in [0, 0.05) is 17.4 Å². The zero-order chi connectivity index (χ0) is 38.0. The van der Waals surface area contributed by atoms with Gasteiger partial charge in [0.1, 0.15) is 52.6 Å². The molecule has 2 N–H and O–H groups in total. The highest BCUT2D eigenvalue weighted by atomic mass is 19.1. The summed E-state index contributed by atoms with van der Waals surface area (Å²) in [5.41, 5.74) is 7.41. The van der Waals surface area contributed by atoms with Crippen LogP contribution in [0, 0.1) is 34.2 Å². The van der Waals surface area contributed by atoms with Crippen molar-refractivity contribution >= 4 is 33.6 Å². The number of nitrogen functional groups attached to an aromatic ring is 1. The van der Waals surface area contributed by atoms with E-state index in [1.54, 1.807) is 32.9 Å². The molecule has 2 fully saturated rings. The maximum atomic E-state index is 15.0. The predicted molar refractivity (Wildman–Crippen MR) is 197 cm³/mol. The summed E-state index contributed by atoms with van der Waals surface area (Å²) in [7, 11) is 0. The Balaban J connectivity index is 0.000000336. The van der Waals surface area contributed by atoms with Gasteiger partial charge in [-0.25, -0.2) is 27.8 Å². The van der Waals surface area contributed by atoms with Crippen molar-refractivity contribution < 1.29 is 27.1 Å². The molecule has 8 rings (SSSR count). The Morgan fingerprint density at radius 3 is 2.32 bits per heavy atom. The van der Waals surface area contributed by atoms with Crippen LogP contribution in [-0.2, 0) is 4.79 Å². The third-order valence-corrected chi connectivity index (χ3v) is 11.3. The van der Waals surface area contributed by atoms with Gasteiger partial charge < -0.3 is 14.9 Å². The number of carbonyl (C=O) groups is 1. The fourth-order valence-corrected chi connectivity index (χ4v) is 7.87. The van der Waals surface area contributed by atoms with Gasteiger partial charge in [0.05, 0.1) is 22.4 Å². The highest BCUT2D eigenvalue weighted by Crippen LogP contribution is 2.63. The number of aromatic nitrogens is 4. The minimum absolute atomic E-state index is 0.00183. The number of fused-ring (bicyclic) bond motifs is 4. The highest BCUT2D eigenvalue weighted by molar-refractivity contribution is 5.98. The number of nitrogens with two attached hydrogens (primary N) is 1. The van der Waals surface area contributed by atoms with Gasteiger partial charge >= 0.3 is 0 Å². The van der Waals surface area contributed by atoms with Crippen molar-refractivity contribution in [1.82, 2.24) is 19.7 Å². The summed E-state index contributed by atoms with van der Waals surface area (Å²) < 4.78 is 56.6. The molecule has 0 aliphatic heterocycles. The molecule has 0 radical (unpaired) electrons. The zero-order valence-electron chi connectivity index (χ0n) is 30.3. The van der Waals surface area contributed by atoms with Crippen LogP contribution in [-0.4, -0.2) is 31.6 Å². The second-order valence-corrected chi connectivity index (χ2v) is 15.0. The third kappa shape index (κ3) is 6.03. The van der Waals surface area contributed by atoms with E-state index < -0.39 is 28.9 Å². The number of ketones is 1. The molecule has 6 aromatic rings. The topological polar surface area (TPSA) is 126 Å². The smallest absolute Gasteiger partial charge is 0.200 e. The summed E-state index contributed by atoms with van der Waals surface area (Å²) in [5.74, 6) is -0.254. The van der Waals surface area contributed by atoms with E-state index in [9.17, 15) is 22.8 Å². The standard InChI is InChI=1S/C31H24F3N5O3.C10H16O/c1-15(2)41-24-9-7-18(12-22(24)34)27-26-30(35)36-14-37-31(26)39(38-27)16(3)29-25(17-5-4-6-19(32)11-17)28(40)21-13-20(33)8-10-23(21)42-29;1-9(2)7-4-5-10(9,3)8(11)6-7/h4-16H,1-3H3,(H2,35,36,37);7H,4-6H2,1-3H3/t16-;/m0./s1. The number of rotatable bonds is 6. The maximum absolute atomic E-state index is 15.0. The van der Waals surface area contributed by atoms with Crippen LogP contribution >= 0.6 is 0 Å². The van der Waals surface area contributed by atoms with Crippen molar-refractivity contribution in [2.45, 2.75) is 73.0 Å². The van der Waals surface area contributed by atoms with Crippen molar-refractivity contribution in [2.24, 2.45) is 16.7 Å². The summed E-state index contributed by atoms with van der Waals surface area (Å²) in [5, 5.41) is 5.10. The lowest BCUT2D eigenvalue weighted by molar-refractivity contribution is -0.128. The van der Waals surface area contributed by atoms with Gasteiger partial charge in [0.2, 0.25) is 5.43 Å². The Morgan fingerprint density at radius 2 is 1.70 bits per heavy atom. The molecule has 0 saturated heterocycles. The van der Waals surface area contributed by atoms with E-state index in [-0.39, 0.29) is 56.4 Å². The Bertz CT molecular complexity index is 2470. The van der Waals surface area contributed by atoms with E-state index in [1.807, 2.05) is 0 Å². The monoisotopic (exact) mass is 723 g/mol. The third-order valence-electron chi connectivity index (χ3n) is 11.3. The molecule has 3 aromatic heterocycles. The van der Waals surface area contributed by atoms with Crippen LogP contribution in [0.1, 0.15) is 72.6 Å². The summed E-state index contributed by atoms with van der Waals surface area (Å²) in [6, 6.07) is 12.7. The van der Waals surface area contributed by atoms with Crippen LogP contribution < -0.4 is 15.9 Å².